The van der Waals surface area contributed by atoms with Gasteiger partial charge in [0, 0.05) is 39.3 Å². The number of carbonyl (C=O) groups is 4. The van der Waals surface area contributed by atoms with Gasteiger partial charge in [0.15, 0.2) is 0 Å². The highest BCUT2D eigenvalue weighted by atomic mass is 19.4. The monoisotopic (exact) mass is 718 g/mol. The van der Waals surface area contributed by atoms with Crippen LogP contribution in [0.15, 0.2) is 60.7 Å². The maximum absolute atomic E-state index is 13.1. The third kappa shape index (κ3) is 17.8. The van der Waals surface area contributed by atoms with Crippen LogP contribution < -0.4 is 10.6 Å². The van der Waals surface area contributed by atoms with Crippen molar-refractivity contribution in [3.05, 3.63) is 71.8 Å². The van der Waals surface area contributed by atoms with Gasteiger partial charge in [0.25, 0.3) is 0 Å². The molecule has 10 nitrogen and oxygen atoms in total. The summed E-state index contributed by atoms with van der Waals surface area (Å²) in [6.07, 6.45) is -7.42. The average Bonchev–Trinajstić information content (AvgIpc) is 3.08. The summed E-state index contributed by atoms with van der Waals surface area (Å²) in [5, 5.41) is 3.64. The van der Waals surface area contributed by atoms with Crippen molar-refractivity contribution >= 4 is 24.0 Å². The fourth-order valence-electron chi connectivity index (χ4n) is 4.62. The first-order valence-corrected chi connectivity index (χ1v) is 16.4. The first kappa shape index (κ1) is 41.7. The van der Waals surface area contributed by atoms with E-state index in [-0.39, 0.29) is 52.5 Å². The summed E-state index contributed by atoms with van der Waals surface area (Å²) in [6.45, 7) is 0.395. The molecule has 0 fully saturated rings. The van der Waals surface area contributed by atoms with Gasteiger partial charge in [-0.3, -0.25) is 9.59 Å². The van der Waals surface area contributed by atoms with Crippen molar-refractivity contribution in [2.45, 2.75) is 76.9 Å². The molecule has 0 aromatic heterocycles. The number of hydrogen-bond donors (Lipinski definition) is 2. The standard InChI is InChI=1S/C34H44F6N4O6/c35-33(36,37)29(45)41-19-11-1-3-13-21-43(31(47)49-25-27-15-7-5-8-16-27)23-24-44(32(48)50-26-28-17-9-6-10-18-28)22-14-4-2-12-20-42-30(46)34(38,39)40/h5-10,15-18H,1-4,11-14,19-26H2,(H,41,45)(H,42,46). The van der Waals surface area contributed by atoms with Crippen molar-refractivity contribution in [3.8, 4) is 0 Å². The van der Waals surface area contributed by atoms with Crippen molar-refractivity contribution in [3.63, 3.8) is 0 Å². The van der Waals surface area contributed by atoms with Gasteiger partial charge in [-0.2, -0.15) is 26.3 Å². The summed E-state index contributed by atoms with van der Waals surface area (Å²) in [7, 11) is 0. The molecule has 0 bridgehead atoms. The molecule has 16 heteroatoms. The zero-order valence-corrected chi connectivity index (χ0v) is 27.7. The summed E-state index contributed by atoms with van der Waals surface area (Å²) in [6, 6.07) is 18.0. The van der Waals surface area contributed by atoms with Crippen molar-refractivity contribution in [2.75, 3.05) is 39.3 Å². The lowest BCUT2D eigenvalue weighted by atomic mass is 10.2. The summed E-state index contributed by atoms with van der Waals surface area (Å²) in [5.41, 5.74) is 1.54. The molecular formula is C34H44F6N4O6. The van der Waals surface area contributed by atoms with E-state index in [1.165, 1.54) is 9.80 Å². The molecule has 2 rings (SSSR count). The molecule has 0 aliphatic heterocycles. The summed E-state index contributed by atoms with van der Waals surface area (Å²) in [4.78, 5) is 51.1. The van der Waals surface area contributed by atoms with Crippen LogP contribution in [0.4, 0.5) is 35.9 Å². The SMILES string of the molecule is O=C(OCc1ccccc1)N(CCCCCCNC(=O)C(F)(F)F)CCN(CCCCCCNC(=O)C(F)(F)F)C(=O)OCc1ccccc1. The van der Waals surface area contributed by atoms with Gasteiger partial charge >= 0.3 is 36.4 Å². The smallest absolute Gasteiger partial charge is 0.445 e. The molecule has 0 saturated carbocycles. The first-order valence-electron chi connectivity index (χ1n) is 16.4. The normalized spacial score (nSPS) is 11.4. The molecule has 0 aliphatic carbocycles. The van der Waals surface area contributed by atoms with Gasteiger partial charge in [-0.05, 0) is 36.8 Å². The van der Waals surface area contributed by atoms with E-state index < -0.39 is 36.4 Å². The van der Waals surface area contributed by atoms with Gasteiger partial charge in [-0.15, -0.1) is 0 Å². The minimum Gasteiger partial charge on any atom is -0.445 e. The molecular weight excluding hydrogens is 674 g/mol. The molecule has 2 aromatic rings. The Morgan fingerprint density at radius 3 is 1.18 bits per heavy atom. The second-order valence-electron chi connectivity index (χ2n) is 11.4. The number of nitrogens with one attached hydrogen (secondary N) is 2. The van der Waals surface area contributed by atoms with E-state index in [0.717, 1.165) is 11.1 Å². The second kappa shape index (κ2) is 22.3. The van der Waals surface area contributed by atoms with E-state index in [4.69, 9.17) is 9.47 Å². The number of rotatable bonds is 21. The third-order valence-electron chi connectivity index (χ3n) is 7.36. The molecule has 0 aliphatic rings. The highest BCUT2D eigenvalue weighted by Gasteiger charge is 2.38. The van der Waals surface area contributed by atoms with Gasteiger partial charge in [0.05, 0.1) is 0 Å². The highest BCUT2D eigenvalue weighted by Crippen LogP contribution is 2.15. The van der Waals surface area contributed by atoms with E-state index in [0.29, 0.717) is 51.4 Å². The Morgan fingerprint density at radius 2 is 0.840 bits per heavy atom. The van der Waals surface area contributed by atoms with Crippen LogP contribution in [-0.2, 0) is 32.3 Å². The quantitative estimate of drug-likeness (QED) is 0.109. The zero-order chi connectivity index (χ0) is 36.8. The van der Waals surface area contributed by atoms with Gasteiger partial charge in [0.1, 0.15) is 13.2 Å². The van der Waals surface area contributed by atoms with Gasteiger partial charge < -0.3 is 29.9 Å². The van der Waals surface area contributed by atoms with Crippen LogP contribution in [0.5, 0.6) is 0 Å². The van der Waals surface area contributed by atoms with E-state index in [9.17, 15) is 45.5 Å². The summed E-state index contributed by atoms with van der Waals surface area (Å²) < 4.78 is 85.2. The number of halogens is 6. The highest BCUT2D eigenvalue weighted by molar-refractivity contribution is 5.82. The molecule has 0 atom stereocenters. The second-order valence-corrected chi connectivity index (χ2v) is 11.4. The lowest BCUT2D eigenvalue weighted by Crippen LogP contribution is -2.42. The predicted octanol–water partition coefficient (Wildman–Crippen LogP) is 6.74. The largest absolute Gasteiger partial charge is 0.471 e. The lowest BCUT2D eigenvalue weighted by Gasteiger charge is -2.27. The van der Waals surface area contributed by atoms with Gasteiger partial charge in [0.2, 0.25) is 0 Å². The Labute approximate surface area is 287 Å². The number of nitrogens with zero attached hydrogens (tertiary/aromatic N) is 2. The van der Waals surface area contributed by atoms with E-state index in [2.05, 4.69) is 0 Å². The average molecular weight is 719 g/mol. The molecule has 0 unspecified atom stereocenters. The van der Waals surface area contributed by atoms with Crippen LogP contribution in [0.2, 0.25) is 0 Å². The first-order chi connectivity index (χ1) is 23.8. The Kier molecular flexibility index (Phi) is 18.6. The van der Waals surface area contributed by atoms with Crippen molar-refractivity contribution in [1.82, 2.24) is 20.4 Å². The van der Waals surface area contributed by atoms with Crippen LogP contribution in [0.3, 0.4) is 0 Å². The lowest BCUT2D eigenvalue weighted by molar-refractivity contribution is -0.173. The Hall–Kier alpha value is -4.50. The Bertz CT molecular complexity index is 1200. The van der Waals surface area contributed by atoms with Crippen LogP contribution >= 0.6 is 0 Å². The van der Waals surface area contributed by atoms with Crippen LogP contribution in [-0.4, -0.2) is 85.4 Å². The van der Waals surface area contributed by atoms with Crippen molar-refractivity contribution in [2.24, 2.45) is 0 Å². The number of alkyl halides is 6. The predicted molar refractivity (Wildman–Crippen MR) is 171 cm³/mol. The maximum Gasteiger partial charge on any atom is 0.471 e. The van der Waals surface area contributed by atoms with E-state index >= 15 is 0 Å². The number of carbonyl (C=O) groups excluding carboxylic acids is 4. The Morgan fingerprint density at radius 1 is 0.500 bits per heavy atom. The summed E-state index contributed by atoms with van der Waals surface area (Å²) >= 11 is 0. The zero-order valence-electron chi connectivity index (χ0n) is 27.7. The van der Waals surface area contributed by atoms with Crippen LogP contribution in [0.1, 0.15) is 62.5 Å². The topological polar surface area (TPSA) is 117 Å². The molecule has 278 valence electrons. The number of amides is 4. The third-order valence-corrected chi connectivity index (χ3v) is 7.36. The fraction of sp³-hybridized carbons (Fsp3) is 0.529. The van der Waals surface area contributed by atoms with Gasteiger partial charge in [-0.1, -0.05) is 86.3 Å². The number of ether oxygens (including phenoxy) is 2. The van der Waals surface area contributed by atoms with Crippen molar-refractivity contribution < 1.29 is 55.0 Å². The fourth-order valence-corrected chi connectivity index (χ4v) is 4.62. The van der Waals surface area contributed by atoms with Crippen molar-refractivity contribution in [1.29, 1.82) is 0 Å². The van der Waals surface area contributed by atoms with Gasteiger partial charge in [-0.25, -0.2) is 9.59 Å². The molecule has 0 saturated heterocycles. The van der Waals surface area contributed by atoms with Crippen LogP contribution in [0.25, 0.3) is 0 Å². The van der Waals surface area contributed by atoms with E-state index in [1.807, 2.05) is 22.8 Å². The number of benzene rings is 2. The minimum absolute atomic E-state index is 0.0152. The molecule has 50 heavy (non-hydrogen) atoms. The molecule has 4 amide bonds. The number of unbranched alkanes of at least 4 members (excludes halogenated alkanes) is 6. The number of hydrogen-bond acceptors (Lipinski definition) is 6. The van der Waals surface area contributed by atoms with E-state index in [1.54, 1.807) is 48.5 Å². The summed E-state index contributed by atoms with van der Waals surface area (Å²) in [5.74, 6) is -3.99. The Balaban J connectivity index is 1.95. The minimum atomic E-state index is -4.94. The molecule has 0 radical (unpaired) electrons. The van der Waals surface area contributed by atoms with Crippen LogP contribution in [0, 0.1) is 0 Å². The maximum atomic E-state index is 13.1. The molecule has 0 heterocycles. The molecule has 2 N–H and O–H groups in total. The molecule has 2 aromatic carbocycles. The molecule has 0 spiro atoms.